The summed E-state index contributed by atoms with van der Waals surface area (Å²) < 4.78 is 33.3. The molecule has 0 amide bonds. The van der Waals surface area contributed by atoms with Gasteiger partial charge in [0.15, 0.2) is 0 Å². The highest BCUT2D eigenvalue weighted by Crippen LogP contribution is 2.43. The number of carbonyl (C=O) groups excluding carboxylic acids is 1. The monoisotopic (exact) mass is 736 g/mol. The molecule has 0 heterocycles. The predicted octanol–water partition coefficient (Wildman–Crippen LogP) is 11.6. The van der Waals surface area contributed by atoms with Gasteiger partial charge in [0.05, 0.1) is 19.8 Å². The van der Waals surface area contributed by atoms with E-state index in [1.54, 1.807) is 0 Å². The minimum absolute atomic E-state index is 0.0908. The molecular formula is C42H74NO7P. The molecule has 2 atom stereocenters. The Kier molecular flexibility index (Phi) is 37.6. The lowest BCUT2D eigenvalue weighted by molar-refractivity contribution is -0.154. The number of esters is 1. The first-order chi connectivity index (χ1) is 24.9. The molecule has 0 aliphatic rings. The standard InChI is InChI=1S/C42H74NO7P/c1-3-5-7-9-11-13-15-17-18-19-20-21-22-23-24-26-28-30-32-34-37-47-39-41(40-49-51(45,46)48-38-36-43)50-42(44)35-33-31-29-27-25-16-14-12-10-8-6-4-2/h5,7,11-14,17-18,20-21,23-24,41H,3-4,6,8-10,15-16,19,22,25-40,43H2,1-2H3,(H,45,46)/b7-5-,13-11-,14-12-,18-17-,21-20-,24-23-. The maximum atomic E-state index is 12.5. The van der Waals surface area contributed by atoms with Gasteiger partial charge in [0, 0.05) is 19.6 Å². The molecule has 0 aromatic heterocycles. The van der Waals surface area contributed by atoms with E-state index in [9.17, 15) is 14.3 Å². The zero-order chi connectivity index (χ0) is 37.4. The summed E-state index contributed by atoms with van der Waals surface area (Å²) in [5.74, 6) is -0.354. The lowest BCUT2D eigenvalue weighted by Gasteiger charge is -2.20. The van der Waals surface area contributed by atoms with Crippen molar-refractivity contribution in [3.63, 3.8) is 0 Å². The van der Waals surface area contributed by atoms with Crippen LogP contribution in [0, 0.1) is 0 Å². The number of phosphoric ester groups is 1. The molecule has 0 radical (unpaired) electrons. The van der Waals surface area contributed by atoms with Crippen LogP contribution < -0.4 is 5.73 Å². The summed E-state index contributed by atoms with van der Waals surface area (Å²) in [5.41, 5.74) is 5.35. The normalized spacial score (nSPS) is 14.4. The molecule has 0 aromatic carbocycles. The number of unbranched alkanes of at least 4 members (excludes halogenated alkanes) is 12. The molecule has 0 saturated carbocycles. The van der Waals surface area contributed by atoms with E-state index in [1.165, 1.54) is 32.1 Å². The number of hydrogen-bond acceptors (Lipinski definition) is 7. The summed E-state index contributed by atoms with van der Waals surface area (Å²) >= 11 is 0. The number of phosphoric acid groups is 1. The molecule has 0 bridgehead atoms. The molecule has 0 aromatic rings. The largest absolute Gasteiger partial charge is 0.472 e. The Labute approximate surface area is 312 Å². The lowest BCUT2D eigenvalue weighted by Crippen LogP contribution is -2.28. The van der Waals surface area contributed by atoms with Gasteiger partial charge in [-0.3, -0.25) is 13.8 Å². The Morgan fingerprint density at radius 1 is 0.608 bits per heavy atom. The Hall–Kier alpha value is -2.06. The molecule has 0 spiro atoms. The number of ether oxygens (including phenoxy) is 2. The highest BCUT2D eigenvalue weighted by atomic mass is 31.2. The van der Waals surface area contributed by atoms with Crippen molar-refractivity contribution in [1.29, 1.82) is 0 Å². The number of allylic oxidation sites excluding steroid dienone is 12. The molecule has 8 nitrogen and oxygen atoms in total. The quantitative estimate of drug-likeness (QED) is 0.0280. The molecule has 0 saturated heterocycles. The van der Waals surface area contributed by atoms with Crippen molar-refractivity contribution >= 4 is 13.8 Å². The summed E-state index contributed by atoms with van der Waals surface area (Å²) in [4.78, 5) is 22.4. The second-order valence-electron chi connectivity index (χ2n) is 12.8. The molecule has 0 aliphatic heterocycles. The van der Waals surface area contributed by atoms with E-state index in [4.69, 9.17) is 24.3 Å². The van der Waals surface area contributed by atoms with Crippen LogP contribution >= 0.6 is 7.82 Å². The Morgan fingerprint density at radius 3 is 1.67 bits per heavy atom. The predicted molar refractivity (Wildman–Crippen MR) is 215 cm³/mol. The van der Waals surface area contributed by atoms with Crippen LogP contribution in [0.25, 0.3) is 0 Å². The molecule has 0 rings (SSSR count). The van der Waals surface area contributed by atoms with Gasteiger partial charge in [0.2, 0.25) is 0 Å². The van der Waals surface area contributed by atoms with Crippen LogP contribution in [0.15, 0.2) is 72.9 Å². The van der Waals surface area contributed by atoms with Gasteiger partial charge in [0.25, 0.3) is 0 Å². The Bertz CT molecular complexity index is 1010. The summed E-state index contributed by atoms with van der Waals surface area (Å²) in [6, 6.07) is 0. The van der Waals surface area contributed by atoms with Crippen molar-refractivity contribution < 1.29 is 32.8 Å². The van der Waals surface area contributed by atoms with Crippen LogP contribution in [0.3, 0.4) is 0 Å². The molecule has 294 valence electrons. The second kappa shape index (κ2) is 39.2. The summed E-state index contributed by atoms with van der Waals surface area (Å²) in [6.45, 7) is 4.68. The third-order valence-corrected chi connectivity index (χ3v) is 8.84. The molecule has 0 fully saturated rings. The summed E-state index contributed by atoms with van der Waals surface area (Å²) in [5, 5.41) is 0. The van der Waals surface area contributed by atoms with E-state index in [-0.39, 0.29) is 32.3 Å². The smallest absolute Gasteiger partial charge is 0.457 e. The molecule has 2 unspecified atom stereocenters. The fraction of sp³-hybridized carbons (Fsp3) is 0.690. The maximum absolute atomic E-state index is 12.5. The topological polar surface area (TPSA) is 117 Å². The molecule has 3 N–H and O–H groups in total. The lowest BCUT2D eigenvalue weighted by atomic mass is 10.1. The van der Waals surface area contributed by atoms with Crippen molar-refractivity contribution in [3.05, 3.63) is 72.9 Å². The van der Waals surface area contributed by atoms with Crippen LogP contribution in [0.5, 0.6) is 0 Å². The number of carbonyl (C=O) groups is 1. The maximum Gasteiger partial charge on any atom is 0.472 e. The third-order valence-electron chi connectivity index (χ3n) is 7.86. The van der Waals surface area contributed by atoms with Gasteiger partial charge in [-0.05, 0) is 83.5 Å². The van der Waals surface area contributed by atoms with Crippen LogP contribution in [0.1, 0.15) is 149 Å². The van der Waals surface area contributed by atoms with E-state index >= 15 is 0 Å². The summed E-state index contributed by atoms with van der Waals surface area (Å²) in [7, 11) is -4.29. The van der Waals surface area contributed by atoms with E-state index in [2.05, 4.69) is 86.8 Å². The van der Waals surface area contributed by atoms with Crippen molar-refractivity contribution in [2.45, 2.75) is 155 Å². The first-order valence-corrected chi connectivity index (χ1v) is 21.4. The van der Waals surface area contributed by atoms with Gasteiger partial charge >= 0.3 is 13.8 Å². The molecule has 51 heavy (non-hydrogen) atoms. The first kappa shape index (κ1) is 48.9. The minimum Gasteiger partial charge on any atom is -0.457 e. The van der Waals surface area contributed by atoms with Gasteiger partial charge in [-0.2, -0.15) is 0 Å². The zero-order valence-electron chi connectivity index (χ0n) is 32.3. The Morgan fingerprint density at radius 2 is 1.10 bits per heavy atom. The molecule has 0 aliphatic carbocycles. The second-order valence-corrected chi connectivity index (χ2v) is 14.2. The highest BCUT2D eigenvalue weighted by Gasteiger charge is 2.25. The number of hydrogen-bond donors (Lipinski definition) is 2. The van der Waals surface area contributed by atoms with Crippen molar-refractivity contribution in [2.24, 2.45) is 5.73 Å². The summed E-state index contributed by atoms with van der Waals surface area (Å²) in [6.07, 6.45) is 47.7. The van der Waals surface area contributed by atoms with Crippen LogP contribution in [-0.2, 0) is 27.9 Å². The highest BCUT2D eigenvalue weighted by molar-refractivity contribution is 7.47. The third kappa shape index (κ3) is 39.0. The number of nitrogens with two attached hydrogens (primary N) is 1. The first-order valence-electron chi connectivity index (χ1n) is 19.9. The van der Waals surface area contributed by atoms with Crippen molar-refractivity contribution in [3.8, 4) is 0 Å². The van der Waals surface area contributed by atoms with Gasteiger partial charge in [-0.1, -0.05) is 132 Å². The van der Waals surface area contributed by atoms with Crippen molar-refractivity contribution in [2.75, 3.05) is 33.0 Å². The number of rotatable bonds is 37. The van der Waals surface area contributed by atoms with Gasteiger partial charge in [0.1, 0.15) is 6.10 Å². The average Bonchev–Trinajstić information content (AvgIpc) is 3.12. The van der Waals surface area contributed by atoms with Crippen molar-refractivity contribution in [1.82, 2.24) is 0 Å². The van der Waals surface area contributed by atoms with Crippen LogP contribution in [-0.4, -0.2) is 49.9 Å². The van der Waals surface area contributed by atoms with E-state index < -0.39 is 13.9 Å². The Balaban J connectivity index is 4.14. The fourth-order valence-corrected chi connectivity index (χ4v) is 5.72. The van der Waals surface area contributed by atoms with Crippen LogP contribution in [0.2, 0.25) is 0 Å². The van der Waals surface area contributed by atoms with Crippen LogP contribution in [0.4, 0.5) is 0 Å². The SMILES string of the molecule is CC/C=C\C/C=C\C/C=C\C/C=C\C/C=C\CCCCCCOCC(COP(=O)(O)OCCN)OC(=O)CCCCCCC/C=C\CCCCC. The van der Waals surface area contributed by atoms with Gasteiger partial charge < -0.3 is 20.1 Å². The van der Waals surface area contributed by atoms with E-state index in [0.29, 0.717) is 13.0 Å². The van der Waals surface area contributed by atoms with Gasteiger partial charge in [-0.25, -0.2) is 4.57 Å². The molecular weight excluding hydrogens is 661 g/mol. The minimum atomic E-state index is -4.29. The fourth-order valence-electron chi connectivity index (χ4n) is 4.96. The van der Waals surface area contributed by atoms with E-state index in [1.807, 2.05) is 0 Å². The molecule has 9 heteroatoms. The van der Waals surface area contributed by atoms with E-state index in [0.717, 1.165) is 96.3 Å². The van der Waals surface area contributed by atoms with Gasteiger partial charge in [-0.15, -0.1) is 0 Å². The average molecular weight is 736 g/mol. The zero-order valence-corrected chi connectivity index (χ0v) is 33.2.